The molecule has 0 amide bonds. The molecule has 0 heterocycles. The van der Waals surface area contributed by atoms with Gasteiger partial charge in [0.15, 0.2) is 0 Å². The fourth-order valence-electron chi connectivity index (χ4n) is 1.15. The lowest BCUT2D eigenvalue weighted by Crippen LogP contribution is -2.31. The first-order valence-electron chi connectivity index (χ1n) is 5.41. The Kier molecular flexibility index (Phi) is 5.96. The van der Waals surface area contributed by atoms with E-state index < -0.39 is 11.6 Å². The highest BCUT2D eigenvalue weighted by Gasteiger charge is 2.23. The molecule has 16 heavy (non-hydrogen) atoms. The van der Waals surface area contributed by atoms with E-state index in [1.807, 2.05) is 6.92 Å². The molecular weight excluding hydrogens is 206 g/mol. The maximum absolute atomic E-state index is 11.6. The molecule has 1 atom stereocenters. The Morgan fingerprint density at radius 1 is 1.50 bits per heavy atom. The number of ether oxygens (including phenoxy) is 1. The number of esters is 1. The predicted molar refractivity (Wildman–Crippen MR) is 63.6 cm³/mol. The monoisotopic (exact) mass is 227 g/mol. The van der Waals surface area contributed by atoms with Crippen molar-refractivity contribution in [3.8, 4) is 0 Å². The fraction of sp³-hybridized carbons (Fsp3) is 0.667. The molecule has 0 rings (SSSR count). The Bertz CT molecular complexity index is 276. The maximum atomic E-state index is 11.6. The van der Waals surface area contributed by atoms with Gasteiger partial charge >= 0.3 is 5.97 Å². The third kappa shape index (κ3) is 5.66. The molecule has 0 bridgehead atoms. The second-order valence-corrected chi connectivity index (χ2v) is 4.54. The molecule has 0 aromatic heterocycles. The van der Waals surface area contributed by atoms with Crippen LogP contribution in [0.15, 0.2) is 12.2 Å². The van der Waals surface area contributed by atoms with Gasteiger partial charge in [0.05, 0.1) is 6.61 Å². The van der Waals surface area contributed by atoms with Crippen molar-refractivity contribution in [2.45, 2.75) is 39.7 Å². The summed E-state index contributed by atoms with van der Waals surface area (Å²) in [6.45, 7) is 7.09. The van der Waals surface area contributed by atoms with Gasteiger partial charge in [-0.25, -0.2) is 4.79 Å². The number of allylic oxidation sites excluding steroid dienone is 1. The van der Waals surface area contributed by atoms with Crippen molar-refractivity contribution in [2.75, 3.05) is 6.61 Å². The van der Waals surface area contributed by atoms with Gasteiger partial charge in [0.1, 0.15) is 11.3 Å². The van der Waals surface area contributed by atoms with E-state index in [2.05, 4.69) is 0 Å². The van der Waals surface area contributed by atoms with Crippen LogP contribution >= 0.6 is 0 Å². The summed E-state index contributed by atoms with van der Waals surface area (Å²) in [4.78, 5) is 11.6. The quantitative estimate of drug-likeness (QED) is 0.428. The minimum absolute atomic E-state index is 0.0675. The van der Waals surface area contributed by atoms with Crippen LogP contribution < -0.4 is 0 Å². The van der Waals surface area contributed by atoms with Gasteiger partial charge in [-0.1, -0.05) is 19.1 Å². The summed E-state index contributed by atoms with van der Waals surface area (Å²) in [6, 6.07) is 0. The maximum Gasteiger partial charge on any atom is 0.353 e. The van der Waals surface area contributed by atoms with E-state index in [0.717, 1.165) is 0 Å². The van der Waals surface area contributed by atoms with E-state index in [9.17, 15) is 4.79 Å². The molecule has 0 spiro atoms. The van der Waals surface area contributed by atoms with Crippen molar-refractivity contribution >= 4 is 11.7 Å². The predicted octanol–water partition coefficient (Wildman–Crippen LogP) is 1.92. The Labute approximate surface area is 96.8 Å². The van der Waals surface area contributed by atoms with Crippen molar-refractivity contribution in [3.05, 3.63) is 12.2 Å². The van der Waals surface area contributed by atoms with E-state index in [-0.39, 0.29) is 18.2 Å². The van der Waals surface area contributed by atoms with E-state index >= 15 is 0 Å². The Balaban J connectivity index is 4.51. The van der Waals surface area contributed by atoms with Crippen LogP contribution in [0.4, 0.5) is 0 Å². The summed E-state index contributed by atoms with van der Waals surface area (Å²) in [5, 5.41) is 16.3. The second-order valence-electron chi connectivity index (χ2n) is 4.54. The number of rotatable bonds is 5. The number of hydrogen-bond donors (Lipinski definition) is 2. The largest absolute Gasteiger partial charge is 0.455 e. The number of carbonyl (C=O) groups is 1. The molecule has 92 valence electrons. The van der Waals surface area contributed by atoms with Crippen molar-refractivity contribution < 1.29 is 14.6 Å². The molecule has 0 radical (unpaired) electrons. The standard InChI is InChI=1S/C12H21NO3/c1-5-9(7-6-8-14)10(13)11(15)16-12(2,3)4/h6-7,9,13-14H,5,8H2,1-4H3. The van der Waals surface area contributed by atoms with Crippen LogP contribution in [0, 0.1) is 11.3 Å². The molecule has 1 unspecified atom stereocenters. The molecule has 0 aliphatic rings. The van der Waals surface area contributed by atoms with E-state index in [0.29, 0.717) is 6.42 Å². The lowest BCUT2D eigenvalue weighted by atomic mass is 9.99. The summed E-state index contributed by atoms with van der Waals surface area (Å²) < 4.78 is 5.10. The Morgan fingerprint density at radius 3 is 2.44 bits per heavy atom. The van der Waals surface area contributed by atoms with Crippen LogP contribution in [0.5, 0.6) is 0 Å². The minimum Gasteiger partial charge on any atom is -0.455 e. The first-order valence-corrected chi connectivity index (χ1v) is 5.41. The summed E-state index contributed by atoms with van der Waals surface area (Å²) in [6.07, 6.45) is 3.83. The summed E-state index contributed by atoms with van der Waals surface area (Å²) in [7, 11) is 0. The third-order valence-corrected chi connectivity index (χ3v) is 1.90. The van der Waals surface area contributed by atoms with Gasteiger partial charge in [-0.05, 0) is 27.2 Å². The van der Waals surface area contributed by atoms with E-state index in [1.54, 1.807) is 26.8 Å². The summed E-state index contributed by atoms with van der Waals surface area (Å²) >= 11 is 0. The molecule has 0 saturated heterocycles. The highest BCUT2D eigenvalue weighted by atomic mass is 16.6. The number of carbonyl (C=O) groups excluding carboxylic acids is 1. The number of aliphatic hydroxyl groups is 1. The molecule has 0 fully saturated rings. The topological polar surface area (TPSA) is 70.4 Å². The highest BCUT2D eigenvalue weighted by molar-refractivity contribution is 6.36. The molecule has 0 saturated carbocycles. The van der Waals surface area contributed by atoms with E-state index in [4.69, 9.17) is 15.3 Å². The van der Waals surface area contributed by atoms with Gasteiger partial charge in [-0.3, -0.25) is 5.41 Å². The molecule has 4 heteroatoms. The van der Waals surface area contributed by atoms with Gasteiger partial charge in [-0.15, -0.1) is 0 Å². The Hall–Kier alpha value is -1.16. The van der Waals surface area contributed by atoms with Crippen molar-refractivity contribution in [1.29, 1.82) is 5.41 Å². The van der Waals surface area contributed by atoms with Gasteiger partial charge in [-0.2, -0.15) is 0 Å². The van der Waals surface area contributed by atoms with Gasteiger partial charge in [0.2, 0.25) is 0 Å². The van der Waals surface area contributed by atoms with Gasteiger partial charge in [0, 0.05) is 5.92 Å². The SMILES string of the molecule is CCC(C=CCO)C(=N)C(=O)OC(C)(C)C. The van der Waals surface area contributed by atoms with Crippen LogP contribution in [0.1, 0.15) is 34.1 Å². The zero-order chi connectivity index (χ0) is 12.8. The lowest BCUT2D eigenvalue weighted by molar-refractivity contribution is -0.146. The second kappa shape index (κ2) is 6.43. The van der Waals surface area contributed by atoms with Gasteiger partial charge in [0.25, 0.3) is 0 Å². The van der Waals surface area contributed by atoms with Crippen molar-refractivity contribution in [1.82, 2.24) is 0 Å². The highest BCUT2D eigenvalue weighted by Crippen LogP contribution is 2.12. The van der Waals surface area contributed by atoms with Crippen molar-refractivity contribution in [2.24, 2.45) is 5.92 Å². The molecular formula is C12H21NO3. The summed E-state index contributed by atoms with van der Waals surface area (Å²) in [5.41, 5.74) is -0.648. The number of hydrogen-bond acceptors (Lipinski definition) is 4. The number of nitrogens with one attached hydrogen (secondary N) is 1. The van der Waals surface area contributed by atoms with E-state index in [1.165, 1.54) is 6.08 Å². The normalized spacial score (nSPS) is 13.8. The van der Waals surface area contributed by atoms with Crippen LogP contribution in [-0.4, -0.2) is 29.0 Å². The number of aliphatic hydroxyl groups excluding tert-OH is 1. The molecule has 0 aliphatic carbocycles. The molecule has 4 nitrogen and oxygen atoms in total. The summed E-state index contributed by atoms with van der Waals surface area (Å²) in [5.74, 6) is -0.885. The third-order valence-electron chi connectivity index (χ3n) is 1.90. The molecule has 0 aromatic carbocycles. The van der Waals surface area contributed by atoms with Crippen LogP contribution in [-0.2, 0) is 9.53 Å². The molecule has 0 aromatic rings. The van der Waals surface area contributed by atoms with Crippen LogP contribution in [0.25, 0.3) is 0 Å². The van der Waals surface area contributed by atoms with Crippen molar-refractivity contribution in [3.63, 3.8) is 0 Å². The minimum atomic E-state index is -0.595. The molecule has 2 N–H and O–H groups in total. The average molecular weight is 227 g/mol. The smallest absolute Gasteiger partial charge is 0.353 e. The first-order chi connectivity index (χ1) is 7.31. The molecule has 0 aliphatic heterocycles. The zero-order valence-corrected chi connectivity index (χ0v) is 10.4. The lowest BCUT2D eigenvalue weighted by Gasteiger charge is -2.21. The van der Waals surface area contributed by atoms with Gasteiger partial charge < -0.3 is 9.84 Å². The Morgan fingerprint density at radius 2 is 2.06 bits per heavy atom. The zero-order valence-electron chi connectivity index (χ0n) is 10.4. The van der Waals surface area contributed by atoms with Crippen LogP contribution in [0.3, 0.4) is 0 Å². The first kappa shape index (κ1) is 14.8. The average Bonchev–Trinajstić information content (AvgIpc) is 2.16. The fourth-order valence-corrected chi connectivity index (χ4v) is 1.15. The van der Waals surface area contributed by atoms with Crippen LogP contribution in [0.2, 0.25) is 0 Å².